The van der Waals surface area contributed by atoms with E-state index in [1.54, 1.807) is 6.07 Å². The van der Waals surface area contributed by atoms with Crippen LogP contribution in [-0.4, -0.2) is 42.6 Å². The smallest absolute Gasteiger partial charge is 0.150 e. The first-order chi connectivity index (χ1) is 8.97. The van der Waals surface area contributed by atoms with E-state index >= 15 is 0 Å². The quantitative estimate of drug-likeness (QED) is 0.932. The molecule has 2 rings (SSSR count). The zero-order chi connectivity index (χ0) is 14.0. The van der Waals surface area contributed by atoms with Crippen LogP contribution in [-0.2, 0) is 0 Å². The molecule has 1 fully saturated rings. The molecule has 1 aromatic rings. The molecule has 106 valence electrons. The molecule has 2 heterocycles. The second-order valence-electron chi connectivity index (χ2n) is 5.34. The third-order valence-electron chi connectivity index (χ3n) is 3.23. The number of hydrogen-bond acceptors (Lipinski definition) is 4. The molecule has 0 aromatic carbocycles. The largest absolute Gasteiger partial charge is 0.382 e. The van der Waals surface area contributed by atoms with Crippen molar-refractivity contribution in [2.45, 2.75) is 13.8 Å². The molecule has 0 bridgehead atoms. The Morgan fingerprint density at radius 1 is 1.21 bits per heavy atom. The van der Waals surface area contributed by atoms with Gasteiger partial charge in [-0.3, -0.25) is 4.90 Å². The second kappa shape index (κ2) is 6.16. The van der Waals surface area contributed by atoms with Crippen LogP contribution in [0.5, 0.6) is 0 Å². The topological polar surface area (TPSA) is 45.4 Å². The molecule has 0 aliphatic carbocycles. The van der Waals surface area contributed by atoms with Crippen molar-refractivity contribution in [2.75, 3.05) is 43.4 Å². The van der Waals surface area contributed by atoms with E-state index in [2.05, 4.69) is 28.6 Å². The van der Waals surface area contributed by atoms with Gasteiger partial charge in [0, 0.05) is 32.7 Å². The summed E-state index contributed by atoms with van der Waals surface area (Å²) in [6.07, 6.45) is 0. The monoisotopic (exact) mass is 302 g/mol. The van der Waals surface area contributed by atoms with Gasteiger partial charge in [0.25, 0.3) is 0 Å². The predicted molar refractivity (Wildman–Crippen MR) is 82.2 cm³/mol. The zero-order valence-corrected chi connectivity index (χ0v) is 12.9. The molecule has 1 aromatic heterocycles. The van der Waals surface area contributed by atoms with Crippen molar-refractivity contribution >= 4 is 34.8 Å². The number of nitrogens with zero attached hydrogens (tertiary/aromatic N) is 3. The maximum atomic E-state index is 6.20. The van der Waals surface area contributed by atoms with E-state index in [0.29, 0.717) is 21.8 Å². The van der Waals surface area contributed by atoms with Crippen LogP contribution in [0, 0.1) is 5.92 Å². The minimum atomic E-state index is 0.339. The summed E-state index contributed by atoms with van der Waals surface area (Å²) in [5.74, 6) is 1.78. The number of hydrogen-bond donors (Lipinski definition) is 1. The second-order valence-corrected chi connectivity index (χ2v) is 6.16. The minimum Gasteiger partial charge on any atom is -0.382 e. The standard InChI is InChI=1S/C13H20Cl2N4/c1-9(2)8-18-3-5-19(6-4-18)13-11(15)7-10(14)12(16)17-13/h7,9H,3-6,8H2,1-2H3,(H2,16,17). The Balaban J connectivity index is 2.03. The Labute approximate surface area is 124 Å². The molecular formula is C13H20Cl2N4. The highest BCUT2D eigenvalue weighted by Gasteiger charge is 2.21. The first kappa shape index (κ1) is 14.7. The normalized spacial score (nSPS) is 17.2. The van der Waals surface area contributed by atoms with Gasteiger partial charge in [-0.2, -0.15) is 0 Å². The summed E-state index contributed by atoms with van der Waals surface area (Å²) in [4.78, 5) is 8.94. The number of aromatic nitrogens is 1. The molecule has 6 heteroatoms. The van der Waals surface area contributed by atoms with E-state index in [0.717, 1.165) is 38.5 Å². The van der Waals surface area contributed by atoms with Gasteiger partial charge in [0.15, 0.2) is 0 Å². The Hall–Kier alpha value is -0.710. The van der Waals surface area contributed by atoms with Gasteiger partial charge in [-0.05, 0) is 12.0 Å². The highest BCUT2D eigenvalue weighted by atomic mass is 35.5. The molecule has 0 radical (unpaired) electrons. The molecule has 0 unspecified atom stereocenters. The highest BCUT2D eigenvalue weighted by molar-refractivity contribution is 6.37. The lowest BCUT2D eigenvalue weighted by molar-refractivity contribution is 0.231. The van der Waals surface area contributed by atoms with E-state index in [1.165, 1.54) is 0 Å². The molecule has 19 heavy (non-hydrogen) atoms. The summed E-state index contributed by atoms with van der Waals surface area (Å²) in [6, 6.07) is 1.67. The number of halogens is 2. The van der Waals surface area contributed by atoms with Crippen LogP contribution in [0.1, 0.15) is 13.8 Å². The third kappa shape index (κ3) is 3.65. The Morgan fingerprint density at radius 2 is 1.84 bits per heavy atom. The summed E-state index contributed by atoms with van der Waals surface area (Å²) in [6.45, 7) is 9.51. The summed E-state index contributed by atoms with van der Waals surface area (Å²) >= 11 is 12.1. The van der Waals surface area contributed by atoms with E-state index in [-0.39, 0.29) is 0 Å². The van der Waals surface area contributed by atoms with Crippen molar-refractivity contribution in [2.24, 2.45) is 5.92 Å². The van der Waals surface area contributed by atoms with Gasteiger partial charge in [0.05, 0.1) is 10.0 Å². The maximum Gasteiger partial charge on any atom is 0.150 e. The van der Waals surface area contributed by atoms with Crippen molar-refractivity contribution in [3.8, 4) is 0 Å². The number of nitrogens with two attached hydrogens (primary N) is 1. The molecule has 2 N–H and O–H groups in total. The fourth-order valence-corrected chi connectivity index (χ4v) is 2.83. The Kier molecular flexibility index (Phi) is 4.76. The molecule has 1 aliphatic heterocycles. The molecular weight excluding hydrogens is 283 g/mol. The van der Waals surface area contributed by atoms with Crippen molar-refractivity contribution in [3.63, 3.8) is 0 Å². The van der Waals surface area contributed by atoms with Crippen LogP contribution < -0.4 is 10.6 Å². The Bertz CT molecular complexity index is 443. The number of pyridine rings is 1. The lowest BCUT2D eigenvalue weighted by Crippen LogP contribution is -2.47. The van der Waals surface area contributed by atoms with Crippen LogP contribution in [0.25, 0.3) is 0 Å². The van der Waals surface area contributed by atoms with Crippen molar-refractivity contribution in [1.82, 2.24) is 9.88 Å². The van der Waals surface area contributed by atoms with Gasteiger partial charge in [0.2, 0.25) is 0 Å². The first-order valence-electron chi connectivity index (χ1n) is 6.56. The lowest BCUT2D eigenvalue weighted by Gasteiger charge is -2.36. The molecule has 0 saturated carbocycles. The van der Waals surface area contributed by atoms with Crippen molar-refractivity contribution in [1.29, 1.82) is 0 Å². The van der Waals surface area contributed by atoms with Crippen molar-refractivity contribution < 1.29 is 0 Å². The van der Waals surface area contributed by atoms with Crippen LogP contribution in [0.3, 0.4) is 0 Å². The predicted octanol–water partition coefficient (Wildman–Crippen LogP) is 2.75. The van der Waals surface area contributed by atoms with Crippen LogP contribution in [0.2, 0.25) is 10.0 Å². The van der Waals surface area contributed by atoms with Gasteiger partial charge in [-0.1, -0.05) is 37.0 Å². The van der Waals surface area contributed by atoms with E-state index in [1.807, 2.05) is 0 Å². The number of nitrogen functional groups attached to an aromatic ring is 1. The zero-order valence-electron chi connectivity index (χ0n) is 11.4. The SMILES string of the molecule is CC(C)CN1CCN(c2nc(N)c(Cl)cc2Cl)CC1. The number of rotatable bonds is 3. The minimum absolute atomic E-state index is 0.339. The first-order valence-corrected chi connectivity index (χ1v) is 7.31. The fraction of sp³-hybridized carbons (Fsp3) is 0.615. The van der Waals surface area contributed by atoms with Gasteiger partial charge in [0.1, 0.15) is 11.6 Å². The fourth-order valence-electron chi connectivity index (χ4n) is 2.35. The molecule has 4 nitrogen and oxygen atoms in total. The molecule has 1 saturated heterocycles. The molecule has 0 atom stereocenters. The summed E-state index contributed by atoms with van der Waals surface area (Å²) < 4.78 is 0. The lowest BCUT2D eigenvalue weighted by atomic mass is 10.2. The highest BCUT2D eigenvalue weighted by Crippen LogP contribution is 2.30. The average Bonchev–Trinajstić information content (AvgIpc) is 2.34. The number of anilines is 2. The van der Waals surface area contributed by atoms with Gasteiger partial charge in [-0.15, -0.1) is 0 Å². The van der Waals surface area contributed by atoms with Crippen LogP contribution in [0.15, 0.2) is 6.07 Å². The van der Waals surface area contributed by atoms with Gasteiger partial charge >= 0.3 is 0 Å². The molecule has 1 aliphatic rings. The number of piperazine rings is 1. The Morgan fingerprint density at radius 3 is 2.42 bits per heavy atom. The summed E-state index contributed by atoms with van der Waals surface area (Å²) in [5, 5.41) is 0.976. The molecule has 0 amide bonds. The van der Waals surface area contributed by atoms with Crippen LogP contribution in [0.4, 0.5) is 11.6 Å². The summed E-state index contributed by atoms with van der Waals surface area (Å²) in [5.41, 5.74) is 5.75. The van der Waals surface area contributed by atoms with E-state index < -0.39 is 0 Å². The third-order valence-corrected chi connectivity index (χ3v) is 3.81. The summed E-state index contributed by atoms with van der Waals surface area (Å²) in [7, 11) is 0. The maximum absolute atomic E-state index is 6.20. The van der Waals surface area contributed by atoms with Crippen molar-refractivity contribution in [3.05, 3.63) is 16.1 Å². The van der Waals surface area contributed by atoms with Crippen LogP contribution >= 0.6 is 23.2 Å². The average molecular weight is 303 g/mol. The van der Waals surface area contributed by atoms with E-state index in [4.69, 9.17) is 28.9 Å². The van der Waals surface area contributed by atoms with Gasteiger partial charge in [-0.25, -0.2) is 4.98 Å². The molecule has 0 spiro atoms. The van der Waals surface area contributed by atoms with Gasteiger partial charge < -0.3 is 10.6 Å². The van der Waals surface area contributed by atoms with E-state index in [9.17, 15) is 0 Å².